The van der Waals surface area contributed by atoms with Gasteiger partial charge in [-0.2, -0.15) is 0 Å². The summed E-state index contributed by atoms with van der Waals surface area (Å²) in [6, 6.07) is 7.51. The van der Waals surface area contributed by atoms with E-state index >= 15 is 0 Å². The van der Waals surface area contributed by atoms with Crippen molar-refractivity contribution in [2.24, 2.45) is 12.0 Å². The maximum Gasteiger partial charge on any atom is 0.191 e. The van der Waals surface area contributed by atoms with Crippen LogP contribution >= 0.6 is 24.0 Å². The van der Waals surface area contributed by atoms with E-state index in [9.17, 15) is 5.11 Å². The van der Waals surface area contributed by atoms with Crippen LogP contribution in [0.3, 0.4) is 0 Å². The first-order valence-electron chi connectivity index (χ1n) is 10.9. The standard InChI is InChI=1S/C22H34N6O3.HI/c1-15(2)31-18-9-7-17(8-10-18)20(29)13-24-22(23-12-19-6-5-11-30-19)25-14-21-27-26-16(3)28(21)4;/h7-10,15,19-20,29H,5-6,11-14H2,1-4H3,(H2,23,24,25);1H. The van der Waals surface area contributed by atoms with Crippen LogP contribution in [0.2, 0.25) is 0 Å². The van der Waals surface area contributed by atoms with Gasteiger partial charge in [0.25, 0.3) is 0 Å². The second kappa shape index (κ2) is 12.9. The molecule has 0 amide bonds. The molecular weight excluding hydrogens is 523 g/mol. The monoisotopic (exact) mass is 558 g/mol. The minimum absolute atomic E-state index is 0. The van der Waals surface area contributed by atoms with Gasteiger partial charge in [0.1, 0.15) is 18.1 Å². The molecule has 0 saturated carbocycles. The molecule has 1 fully saturated rings. The zero-order valence-corrected chi connectivity index (χ0v) is 21.6. The van der Waals surface area contributed by atoms with Crippen LogP contribution in [0.25, 0.3) is 0 Å². The number of aliphatic hydroxyl groups is 1. The van der Waals surface area contributed by atoms with E-state index < -0.39 is 6.10 Å². The Morgan fingerprint density at radius 3 is 2.62 bits per heavy atom. The summed E-state index contributed by atoms with van der Waals surface area (Å²) in [4.78, 5) is 4.63. The first-order chi connectivity index (χ1) is 14.9. The van der Waals surface area contributed by atoms with Gasteiger partial charge in [0.05, 0.1) is 18.3 Å². The number of ether oxygens (including phenoxy) is 2. The molecular formula is C22H35IN6O3. The van der Waals surface area contributed by atoms with Crippen molar-refractivity contribution in [3.63, 3.8) is 0 Å². The van der Waals surface area contributed by atoms with E-state index in [0.29, 0.717) is 25.6 Å². The highest BCUT2D eigenvalue weighted by atomic mass is 127. The molecule has 2 aromatic rings. The Bertz CT molecular complexity index is 850. The lowest BCUT2D eigenvalue weighted by atomic mass is 10.1. The highest BCUT2D eigenvalue weighted by Crippen LogP contribution is 2.18. The zero-order chi connectivity index (χ0) is 22.2. The van der Waals surface area contributed by atoms with Crippen LogP contribution in [0.1, 0.15) is 50.0 Å². The van der Waals surface area contributed by atoms with Gasteiger partial charge >= 0.3 is 0 Å². The number of halogens is 1. The molecule has 1 saturated heterocycles. The minimum atomic E-state index is -0.681. The van der Waals surface area contributed by atoms with Crippen LogP contribution in [-0.4, -0.2) is 57.7 Å². The van der Waals surface area contributed by atoms with E-state index in [0.717, 1.165) is 42.4 Å². The first-order valence-corrected chi connectivity index (χ1v) is 10.9. The number of guanidine groups is 1. The van der Waals surface area contributed by atoms with E-state index in [1.165, 1.54) is 0 Å². The van der Waals surface area contributed by atoms with Crippen LogP contribution in [0.4, 0.5) is 0 Å². The number of nitrogens with zero attached hydrogens (tertiary/aromatic N) is 4. The smallest absolute Gasteiger partial charge is 0.191 e. The molecule has 32 heavy (non-hydrogen) atoms. The molecule has 1 aliphatic heterocycles. The Morgan fingerprint density at radius 2 is 2.03 bits per heavy atom. The molecule has 3 rings (SSSR count). The fourth-order valence-electron chi connectivity index (χ4n) is 3.28. The summed E-state index contributed by atoms with van der Waals surface area (Å²) in [5.41, 5.74) is 0.811. The number of hydrogen-bond donors (Lipinski definition) is 3. The van der Waals surface area contributed by atoms with Gasteiger partial charge in [-0.15, -0.1) is 34.2 Å². The van der Waals surface area contributed by atoms with Gasteiger partial charge in [0, 0.05) is 26.7 Å². The summed E-state index contributed by atoms with van der Waals surface area (Å²) >= 11 is 0. The molecule has 1 aromatic carbocycles. The summed E-state index contributed by atoms with van der Waals surface area (Å²) in [5, 5.41) is 25.4. The van der Waals surface area contributed by atoms with E-state index in [2.05, 4.69) is 25.8 Å². The maximum atomic E-state index is 10.6. The predicted molar refractivity (Wildman–Crippen MR) is 134 cm³/mol. The third kappa shape index (κ3) is 7.89. The summed E-state index contributed by atoms with van der Waals surface area (Å²) in [6.45, 7) is 8.05. The van der Waals surface area contributed by atoms with Crippen molar-refractivity contribution in [2.45, 2.75) is 58.5 Å². The normalized spacial score (nSPS) is 17.2. The molecule has 0 aliphatic carbocycles. The molecule has 2 unspecified atom stereocenters. The third-order valence-electron chi connectivity index (χ3n) is 5.18. The highest BCUT2D eigenvalue weighted by Gasteiger charge is 2.16. The number of hydrogen-bond acceptors (Lipinski definition) is 6. The van der Waals surface area contributed by atoms with Gasteiger partial charge < -0.3 is 29.8 Å². The van der Waals surface area contributed by atoms with E-state index in [4.69, 9.17) is 9.47 Å². The molecule has 0 radical (unpaired) electrons. The number of nitrogens with one attached hydrogen (secondary N) is 2. The number of aromatic nitrogens is 3. The lowest BCUT2D eigenvalue weighted by Gasteiger charge is -2.18. The summed E-state index contributed by atoms with van der Waals surface area (Å²) in [7, 11) is 1.92. The molecule has 10 heteroatoms. The Labute approximate surface area is 207 Å². The van der Waals surface area contributed by atoms with Gasteiger partial charge in [-0.1, -0.05) is 12.1 Å². The van der Waals surface area contributed by atoms with Gasteiger partial charge in [-0.3, -0.25) is 0 Å². The van der Waals surface area contributed by atoms with Crippen molar-refractivity contribution in [2.75, 3.05) is 19.7 Å². The van der Waals surface area contributed by atoms with E-state index in [1.807, 2.05) is 56.7 Å². The number of benzene rings is 1. The van der Waals surface area contributed by atoms with E-state index in [1.54, 1.807) is 0 Å². The molecule has 2 heterocycles. The molecule has 0 bridgehead atoms. The second-order valence-corrected chi connectivity index (χ2v) is 8.04. The number of aryl methyl sites for hydroxylation is 1. The van der Waals surface area contributed by atoms with Crippen molar-refractivity contribution in [3.05, 3.63) is 41.5 Å². The van der Waals surface area contributed by atoms with Gasteiger partial charge in [0.15, 0.2) is 11.8 Å². The van der Waals surface area contributed by atoms with Crippen molar-refractivity contribution < 1.29 is 14.6 Å². The molecule has 178 valence electrons. The molecule has 2 atom stereocenters. The largest absolute Gasteiger partial charge is 0.491 e. The maximum absolute atomic E-state index is 10.6. The van der Waals surface area contributed by atoms with Crippen LogP contribution in [0.5, 0.6) is 5.75 Å². The van der Waals surface area contributed by atoms with Crippen molar-refractivity contribution in [1.29, 1.82) is 0 Å². The third-order valence-corrected chi connectivity index (χ3v) is 5.18. The number of aliphatic hydroxyl groups excluding tert-OH is 1. The number of rotatable bonds is 9. The van der Waals surface area contributed by atoms with Gasteiger partial charge in [-0.25, -0.2) is 4.99 Å². The highest BCUT2D eigenvalue weighted by molar-refractivity contribution is 14.0. The van der Waals surface area contributed by atoms with Crippen LogP contribution in [0, 0.1) is 6.92 Å². The lowest BCUT2D eigenvalue weighted by Crippen LogP contribution is -2.42. The predicted octanol–water partition coefficient (Wildman–Crippen LogP) is 2.48. The second-order valence-electron chi connectivity index (χ2n) is 8.04. The summed E-state index contributed by atoms with van der Waals surface area (Å²) in [6.07, 6.45) is 1.74. The van der Waals surface area contributed by atoms with Crippen molar-refractivity contribution in [1.82, 2.24) is 25.4 Å². The van der Waals surface area contributed by atoms with Crippen LogP contribution < -0.4 is 15.4 Å². The molecule has 1 aromatic heterocycles. The van der Waals surface area contributed by atoms with Gasteiger partial charge in [0.2, 0.25) is 0 Å². The SMILES string of the molecule is Cc1nnc(CN=C(NCC2CCCO2)NCC(O)c2ccc(OC(C)C)cc2)n1C.I. The molecule has 3 N–H and O–H groups in total. The van der Waals surface area contributed by atoms with Gasteiger partial charge in [-0.05, 0) is 51.3 Å². The summed E-state index contributed by atoms with van der Waals surface area (Å²) in [5.74, 6) is 3.01. The average molecular weight is 558 g/mol. The van der Waals surface area contributed by atoms with Crippen molar-refractivity contribution in [3.8, 4) is 5.75 Å². The fraction of sp³-hybridized carbons (Fsp3) is 0.591. The Kier molecular flexibility index (Phi) is 10.7. The van der Waals surface area contributed by atoms with Crippen LogP contribution in [-0.2, 0) is 18.3 Å². The Balaban J connectivity index is 0.00000363. The first kappa shape index (κ1) is 26.3. The van der Waals surface area contributed by atoms with Crippen molar-refractivity contribution >= 4 is 29.9 Å². The fourth-order valence-corrected chi connectivity index (χ4v) is 3.28. The summed E-state index contributed by atoms with van der Waals surface area (Å²) < 4.78 is 13.3. The Morgan fingerprint density at radius 1 is 1.28 bits per heavy atom. The topological polar surface area (TPSA) is 106 Å². The molecule has 0 spiro atoms. The zero-order valence-electron chi connectivity index (χ0n) is 19.2. The number of aliphatic imine (C=N–C) groups is 1. The molecule has 1 aliphatic rings. The minimum Gasteiger partial charge on any atom is -0.491 e. The molecule has 9 nitrogen and oxygen atoms in total. The average Bonchev–Trinajstić information content (AvgIpc) is 3.38. The van der Waals surface area contributed by atoms with E-state index in [-0.39, 0.29) is 36.2 Å². The quantitative estimate of drug-likeness (QED) is 0.247. The Hall–Kier alpha value is -1.92. The van der Waals surface area contributed by atoms with Crippen LogP contribution in [0.15, 0.2) is 29.3 Å². The lowest BCUT2D eigenvalue weighted by molar-refractivity contribution is 0.113.